The van der Waals surface area contributed by atoms with Crippen LogP contribution in [0.1, 0.15) is 46.0 Å². The molecule has 1 aromatic rings. The number of para-hydroxylation sites is 1. The minimum atomic E-state index is -0.347. The van der Waals surface area contributed by atoms with Crippen molar-refractivity contribution in [2.75, 3.05) is 18.0 Å². The molecule has 2 N–H and O–H groups in total. The predicted molar refractivity (Wildman–Crippen MR) is 85.7 cm³/mol. The molecule has 3 nitrogen and oxygen atoms in total. The van der Waals surface area contributed by atoms with Crippen molar-refractivity contribution in [3.05, 3.63) is 30.1 Å². The molecule has 0 heterocycles. The van der Waals surface area contributed by atoms with Crippen LogP contribution in [0.5, 0.6) is 0 Å². The lowest BCUT2D eigenvalue weighted by Gasteiger charge is -2.23. The Morgan fingerprint density at radius 1 is 1.24 bits per heavy atom. The van der Waals surface area contributed by atoms with E-state index >= 15 is 0 Å². The zero-order valence-corrected chi connectivity index (χ0v) is 13.1. The highest BCUT2D eigenvalue weighted by Crippen LogP contribution is 2.22. The Labute approximate surface area is 127 Å². The number of anilines is 1. The van der Waals surface area contributed by atoms with Gasteiger partial charge in [-0.1, -0.05) is 31.9 Å². The van der Waals surface area contributed by atoms with Crippen LogP contribution >= 0.6 is 0 Å². The van der Waals surface area contributed by atoms with E-state index in [0.29, 0.717) is 31.1 Å². The normalized spacial score (nSPS) is 12.2. The van der Waals surface area contributed by atoms with E-state index in [1.54, 1.807) is 18.2 Å². The number of carbonyl (C=O) groups is 1. The van der Waals surface area contributed by atoms with Crippen molar-refractivity contribution in [3.8, 4) is 0 Å². The predicted octanol–water partition coefficient (Wildman–Crippen LogP) is 3.72. The number of benzene rings is 1. The van der Waals surface area contributed by atoms with Crippen molar-refractivity contribution in [3.63, 3.8) is 0 Å². The average Bonchev–Trinajstić information content (AvgIpc) is 2.48. The Bertz CT molecular complexity index is 431. The van der Waals surface area contributed by atoms with Crippen LogP contribution in [0.3, 0.4) is 0 Å². The van der Waals surface area contributed by atoms with E-state index in [9.17, 15) is 9.18 Å². The van der Waals surface area contributed by atoms with E-state index in [-0.39, 0.29) is 11.7 Å². The van der Waals surface area contributed by atoms with Crippen LogP contribution < -0.4 is 10.6 Å². The molecule has 4 heteroatoms. The number of carbonyl (C=O) groups excluding carboxylic acids is 1. The van der Waals surface area contributed by atoms with Gasteiger partial charge in [-0.25, -0.2) is 4.39 Å². The zero-order chi connectivity index (χ0) is 15.7. The molecule has 21 heavy (non-hydrogen) atoms. The van der Waals surface area contributed by atoms with Crippen molar-refractivity contribution < 1.29 is 9.18 Å². The first kappa shape index (κ1) is 17.6. The summed E-state index contributed by atoms with van der Waals surface area (Å²) in [4.78, 5) is 13.9. The fraction of sp³-hybridized carbons (Fsp3) is 0.588. The molecule has 0 saturated carbocycles. The number of nitrogens with two attached hydrogens (primary N) is 1. The molecular weight excluding hydrogens is 267 g/mol. The fourth-order valence-corrected chi connectivity index (χ4v) is 2.69. The fourth-order valence-electron chi connectivity index (χ4n) is 2.69. The summed E-state index contributed by atoms with van der Waals surface area (Å²) < 4.78 is 13.8. The lowest BCUT2D eigenvalue weighted by molar-refractivity contribution is -0.118. The van der Waals surface area contributed by atoms with Gasteiger partial charge in [-0.2, -0.15) is 0 Å². The first-order valence-corrected chi connectivity index (χ1v) is 7.88. The number of hydrogen-bond donors (Lipinski definition) is 1. The van der Waals surface area contributed by atoms with Crippen LogP contribution in [0.15, 0.2) is 24.3 Å². The van der Waals surface area contributed by atoms with Crippen LogP contribution in [0.2, 0.25) is 0 Å². The minimum Gasteiger partial charge on any atom is -0.330 e. The second kappa shape index (κ2) is 9.50. The van der Waals surface area contributed by atoms with Gasteiger partial charge in [0.1, 0.15) is 5.82 Å². The van der Waals surface area contributed by atoms with Gasteiger partial charge in [0.15, 0.2) is 0 Å². The van der Waals surface area contributed by atoms with Gasteiger partial charge in [-0.15, -0.1) is 0 Å². The van der Waals surface area contributed by atoms with Crippen LogP contribution in [0.4, 0.5) is 10.1 Å². The topological polar surface area (TPSA) is 46.3 Å². The van der Waals surface area contributed by atoms with Crippen LogP contribution in [0.25, 0.3) is 0 Å². The molecule has 0 saturated heterocycles. The summed E-state index contributed by atoms with van der Waals surface area (Å²) in [5, 5.41) is 0. The highest BCUT2D eigenvalue weighted by Gasteiger charge is 2.18. The van der Waals surface area contributed by atoms with Crippen molar-refractivity contribution in [2.24, 2.45) is 11.7 Å². The molecule has 0 aliphatic carbocycles. The Morgan fingerprint density at radius 3 is 2.52 bits per heavy atom. The molecule has 0 bridgehead atoms. The van der Waals surface area contributed by atoms with Gasteiger partial charge in [0, 0.05) is 13.0 Å². The summed E-state index contributed by atoms with van der Waals surface area (Å²) in [6.07, 6.45) is 4.43. The van der Waals surface area contributed by atoms with Crippen molar-refractivity contribution in [2.45, 2.75) is 46.0 Å². The molecule has 0 radical (unpaired) electrons. The van der Waals surface area contributed by atoms with E-state index in [1.807, 2.05) is 6.92 Å². The van der Waals surface area contributed by atoms with E-state index in [1.165, 1.54) is 11.0 Å². The van der Waals surface area contributed by atoms with Gasteiger partial charge in [0.2, 0.25) is 5.91 Å². The van der Waals surface area contributed by atoms with Gasteiger partial charge in [0.05, 0.1) is 5.69 Å². The maximum Gasteiger partial charge on any atom is 0.227 e. The smallest absolute Gasteiger partial charge is 0.227 e. The molecule has 1 aromatic carbocycles. The second-order valence-corrected chi connectivity index (χ2v) is 5.36. The number of rotatable bonds is 9. The molecule has 0 spiro atoms. The highest BCUT2D eigenvalue weighted by atomic mass is 19.1. The molecule has 1 atom stereocenters. The molecule has 118 valence electrons. The SMILES string of the molecule is CCCC(CCN)CCC(=O)N(CC)c1ccccc1F. The maximum absolute atomic E-state index is 13.8. The zero-order valence-electron chi connectivity index (χ0n) is 13.1. The van der Waals surface area contributed by atoms with E-state index in [0.717, 1.165) is 25.7 Å². The van der Waals surface area contributed by atoms with Gasteiger partial charge >= 0.3 is 0 Å². The average molecular weight is 294 g/mol. The van der Waals surface area contributed by atoms with Gasteiger partial charge in [0.25, 0.3) is 0 Å². The lowest BCUT2D eigenvalue weighted by Crippen LogP contribution is -2.31. The summed E-state index contributed by atoms with van der Waals surface area (Å²) >= 11 is 0. The number of hydrogen-bond acceptors (Lipinski definition) is 2. The third-order valence-electron chi connectivity index (χ3n) is 3.80. The Hall–Kier alpha value is -1.42. The molecule has 0 aliphatic rings. The minimum absolute atomic E-state index is 0.0132. The van der Waals surface area contributed by atoms with Gasteiger partial charge in [-0.3, -0.25) is 4.79 Å². The summed E-state index contributed by atoms with van der Waals surface area (Å²) in [6.45, 7) is 5.15. The molecule has 0 fully saturated rings. The Morgan fingerprint density at radius 2 is 1.95 bits per heavy atom. The number of nitrogens with zero attached hydrogens (tertiary/aromatic N) is 1. The van der Waals surface area contributed by atoms with Gasteiger partial charge in [-0.05, 0) is 44.4 Å². The second-order valence-electron chi connectivity index (χ2n) is 5.36. The highest BCUT2D eigenvalue weighted by molar-refractivity contribution is 5.93. The summed E-state index contributed by atoms with van der Waals surface area (Å²) in [6, 6.07) is 6.43. The molecular formula is C17H27FN2O. The van der Waals surface area contributed by atoms with E-state index in [4.69, 9.17) is 5.73 Å². The summed E-state index contributed by atoms with van der Waals surface area (Å²) in [7, 11) is 0. The lowest BCUT2D eigenvalue weighted by atomic mass is 9.94. The van der Waals surface area contributed by atoms with Crippen LogP contribution in [0, 0.1) is 11.7 Å². The van der Waals surface area contributed by atoms with E-state index in [2.05, 4.69) is 6.92 Å². The first-order chi connectivity index (χ1) is 10.1. The van der Waals surface area contributed by atoms with Crippen LogP contribution in [-0.2, 0) is 4.79 Å². The molecule has 1 rings (SSSR count). The summed E-state index contributed by atoms with van der Waals surface area (Å²) in [5.41, 5.74) is 5.99. The van der Waals surface area contributed by atoms with Crippen molar-refractivity contribution in [1.29, 1.82) is 0 Å². The standard InChI is InChI=1S/C17H27FN2O/c1-3-7-14(12-13-19)10-11-17(21)20(4-2)16-9-6-5-8-15(16)18/h5-6,8-9,14H,3-4,7,10-13,19H2,1-2H3. The molecule has 0 aliphatic heterocycles. The molecule has 0 aromatic heterocycles. The maximum atomic E-state index is 13.8. The largest absolute Gasteiger partial charge is 0.330 e. The molecule has 1 unspecified atom stereocenters. The summed E-state index contributed by atoms with van der Waals surface area (Å²) in [5.74, 6) is 0.128. The van der Waals surface area contributed by atoms with Crippen LogP contribution in [-0.4, -0.2) is 19.0 Å². The van der Waals surface area contributed by atoms with E-state index < -0.39 is 0 Å². The third-order valence-corrected chi connectivity index (χ3v) is 3.80. The quantitative estimate of drug-likeness (QED) is 0.754. The number of halogens is 1. The third kappa shape index (κ3) is 5.46. The van der Waals surface area contributed by atoms with Crippen molar-refractivity contribution in [1.82, 2.24) is 0 Å². The monoisotopic (exact) mass is 294 g/mol. The first-order valence-electron chi connectivity index (χ1n) is 7.88. The van der Waals surface area contributed by atoms with Gasteiger partial charge < -0.3 is 10.6 Å². The Balaban J connectivity index is 2.65. The Kier molecular flexibility index (Phi) is 7.98. The number of amides is 1. The molecule has 1 amide bonds. The van der Waals surface area contributed by atoms with Crippen molar-refractivity contribution >= 4 is 11.6 Å².